The van der Waals surface area contributed by atoms with Crippen molar-refractivity contribution in [3.63, 3.8) is 0 Å². The largest absolute Gasteiger partial charge is 0.385 e. The van der Waals surface area contributed by atoms with Crippen LogP contribution < -0.4 is 5.32 Å². The second-order valence-corrected chi connectivity index (χ2v) is 4.31. The molecular formula is C11H22N2O2. The van der Waals surface area contributed by atoms with Gasteiger partial charge in [0.1, 0.15) is 0 Å². The normalized spacial score (nSPS) is 18.3. The molecule has 0 aromatic rings. The molecule has 1 saturated heterocycles. The Morgan fingerprint density at radius 1 is 1.60 bits per heavy atom. The van der Waals surface area contributed by atoms with Crippen LogP contribution in [-0.4, -0.2) is 51.2 Å². The Bertz CT molecular complexity index is 205. The molecule has 1 N–H and O–H groups in total. The zero-order valence-corrected chi connectivity index (χ0v) is 9.95. The summed E-state index contributed by atoms with van der Waals surface area (Å²) in [4.78, 5) is 13.8. The van der Waals surface area contributed by atoms with Crippen LogP contribution in [0.2, 0.25) is 0 Å². The van der Waals surface area contributed by atoms with E-state index in [4.69, 9.17) is 4.74 Å². The first-order chi connectivity index (χ1) is 7.16. The van der Waals surface area contributed by atoms with Crippen molar-refractivity contribution < 1.29 is 9.53 Å². The maximum Gasteiger partial charge on any atom is 0.225 e. The van der Waals surface area contributed by atoms with Crippen LogP contribution in [-0.2, 0) is 9.53 Å². The molecule has 1 amide bonds. The summed E-state index contributed by atoms with van der Waals surface area (Å²) in [6.07, 6.45) is 0.911. The molecular weight excluding hydrogens is 192 g/mol. The number of methoxy groups -OCH3 is 1. The van der Waals surface area contributed by atoms with Gasteiger partial charge in [0, 0.05) is 33.2 Å². The summed E-state index contributed by atoms with van der Waals surface area (Å²) in [5.74, 6) is 0.943. The predicted molar refractivity (Wildman–Crippen MR) is 59.7 cm³/mol. The molecule has 0 saturated carbocycles. The number of carbonyl (C=O) groups excluding carboxylic acids is 1. The van der Waals surface area contributed by atoms with Gasteiger partial charge in [-0.15, -0.1) is 0 Å². The number of hydrogen-bond acceptors (Lipinski definition) is 3. The highest BCUT2D eigenvalue weighted by Crippen LogP contribution is 2.17. The first kappa shape index (κ1) is 12.5. The van der Waals surface area contributed by atoms with Crippen molar-refractivity contribution in [1.82, 2.24) is 10.2 Å². The average Bonchev–Trinajstić information content (AvgIpc) is 2.14. The maximum absolute atomic E-state index is 11.9. The van der Waals surface area contributed by atoms with Gasteiger partial charge in [0.2, 0.25) is 5.91 Å². The van der Waals surface area contributed by atoms with Crippen molar-refractivity contribution in [1.29, 1.82) is 0 Å². The monoisotopic (exact) mass is 214 g/mol. The van der Waals surface area contributed by atoms with E-state index in [1.807, 2.05) is 18.9 Å². The third-order valence-corrected chi connectivity index (χ3v) is 3.13. The Morgan fingerprint density at radius 2 is 2.27 bits per heavy atom. The van der Waals surface area contributed by atoms with Gasteiger partial charge >= 0.3 is 0 Å². The quantitative estimate of drug-likeness (QED) is 0.648. The van der Waals surface area contributed by atoms with Crippen molar-refractivity contribution in [2.24, 2.45) is 11.8 Å². The predicted octanol–water partition coefficient (Wildman–Crippen LogP) is 0.337. The number of ether oxygens (including phenoxy) is 1. The standard InChI is InChI=1S/C11H22N2O2/c1-9(10-7-12-8-10)11(14)13(2)5-4-6-15-3/h9-10,12H,4-8H2,1-3H3. The van der Waals surface area contributed by atoms with E-state index in [1.165, 1.54) is 0 Å². The van der Waals surface area contributed by atoms with E-state index in [9.17, 15) is 4.79 Å². The topological polar surface area (TPSA) is 41.6 Å². The van der Waals surface area contributed by atoms with E-state index in [2.05, 4.69) is 5.32 Å². The average molecular weight is 214 g/mol. The highest BCUT2D eigenvalue weighted by molar-refractivity contribution is 5.78. The zero-order valence-electron chi connectivity index (χ0n) is 9.95. The molecule has 1 heterocycles. The molecule has 0 aliphatic carbocycles. The first-order valence-corrected chi connectivity index (χ1v) is 5.61. The Labute approximate surface area is 92.0 Å². The summed E-state index contributed by atoms with van der Waals surface area (Å²) < 4.78 is 4.96. The summed E-state index contributed by atoms with van der Waals surface area (Å²) in [6.45, 7) is 5.51. The van der Waals surface area contributed by atoms with Crippen LogP contribution in [0.5, 0.6) is 0 Å². The Hall–Kier alpha value is -0.610. The van der Waals surface area contributed by atoms with Crippen LogP contribution >= 0.6 is 0 Å². The molecule has 1 unspecified atom stereocenters. The fraction of sp³-hybridized carbons (Fsp3) is 0.909. The van der Waals surface area contributed by atoms with Gasteiger partial charge in [-0.1, -0.05) is 6.92 Å². The molecule has 4 nitrogen and oxygen atoms in total. The van der Waals surface area contributed by atoms with Gasteiger partial charge in [-0.3, -0.25) is 4.79 Å². The maximum atomic E-state index is 11.9. The molecule has 4 heteroatoms. The Kier molecular flexibility index (Phi) is 5.05. The van der Waals surface area contributed by atoms with Crippen molar-refractivity contribution in [2.45, 2.75) is 13.3 Å². The van der Waals surface area contributed by atoms with Crippen molar-refractivity contribution in [3.8, 4) is 0 Å². The molecule has 0 aromatic heterocycles. The van der Waals surface area contributed by atoms with Gasteiger partial charge in [-0.2, -0.15) is 0 Å². The molecule has 1 fully saturated rings. The van der Waals surface area contributed by atoms with Crippen LogP contribution in [0.3, 0.4) is 0 Å². The fourth-order valence-electron chi connectivity index (χ4n) is 1.77. The minimum atomic E-state index is 0.152. The molecule has 0 radical (unpaired) electrons. The summed E-state index contributed by atoms with van der Waals surface area (Å²) in [7, 11) is 3.56. The van der Waals surface area contributed by atoms with Gasteiger partial charge in [0.15, 0.2) is 0 Å². The molecule has 1 atom stereocenters. The summed E-state index contributed by atoms with van der Waals surface area (Å²) >= 11 is 0. The minimum Gasteiger partial charge on any atom is -0.385 e. The van der Waals surface area contributed by atoms with Crippen molar-refractivity contribution in [2.75, 3.05) is 40.4 Å². The van der Waals surface area contributed by atoms with Gasteiger partial charge in [-0.25, -0.2) is 0 Å². The minimum absolute atomic E-state index is 0.152. The lowest BCUT2D eigenvalue weighted by atomic mass is 9.88. The van der Waals surface area contributed by atoms with E-state index < -0.39 is 0 Å². The van der Waals surface area contributed by atoms with Gasteiger partial charge in [-0.05, 0) is 25.4 Å². The summed E-state index contributed by atoms with van der Waals surface area (Å²) in [6, 6.07) is 0. The van der Waals surface area contributed by atoms with Crippen LogP contribution in [0, 0.1) is 11.8 Å². The fourth-order valence-corrected chi connectivity index (χ4v) is 1.77. The lowest BCUT2D eigenvalue weighted by Crippen LogP contribution is -2.50. The van der Waals surface area contributed by atoms with Crippen LogP contribution in [0.25, 0.3) is 0 Å². The van der Waals surface area contributed by atoms with Crippen LogP contribution in [0.15, 0.2) is 0 Å². The highest BCUT2D eigenvalue weighted by atomic mass is 16.5. The molecule has 0 spiro atoms. The van der Waals surface area contributed by atoms with Crippen molar-refractivity contribution >= 4 is 5.91 Å². The molecule has 1 aliphatic rings. The SMILES string of the molecule is COCCCN(C)C(=O)C(C)C1CNC1. The van der Waals surface area contributed by atoms with E-state index in [0.29, 0.717) is 5.92 Å². The van der Waals surface area contributed by atoms with Gasteiger partial charge < -0.3 is 15.0 Å². The summed E-state index contributed by atoms with van der Waals surface area (Å²) in [5, 5.41) is 3.20. The second kappa shape index (κ2) is 6.08. The first-order valence-electron chi connectivity index (χ1n) is 5.61. The Balaban J connectivity index is 2.24. The van der Waals surface area contributed by atoms with Crippen LogP contribution in [0.1, 0.15) is 13.3 Å². The second-order valence-electron chi connectivity index (χ2n) is 4.31. The zero-order chi connectivity index (χ0) is 11.3. The number of amides is 1. The van der Waals surface area contributed by atoms with E-state index in [0.717, 1.165) is 32.7 Å². The van der Waals surface area contributed by atoms with Gasteiger partial charge in [0.25, 0.3) is 0 Å². The lowest BCUT2D eigenvalue weighted by Gasteiger charge is -2.33. The van der Waals surface area contributed by atoms with E-state index in [-0.39, 0.29) is 11.8 Å². The number of hydrogen-bond donors (Lipinski definition) is 1. The number of nitrogens with zero attached hydrogens (tertiary/aromatic N) is 1. The molecule has 1 rings (SSSR count). The molecule has 1 aliphatic heterocycles. The molecule has 0 aromatic carbocycles. The number of rotatable bonds is 6. The highest BCUT2D eigenvalue weighted by Gasteiger charge is 2.30. The van der Waals surface area contributed by atoms with Gasteiger partial charge in [0.05, 0.1) is 0 Å². The molecule has 88 valence electrons. The molecule has 0 bridgehead atoms. The van der Waals surface area contributed by atoms with E-state index in [1.54, 1.807) is 7.11 Å². The third kappa shape index (κ3) is 3.47. The molecule has 15 heavy (non-hydrogen) atoms. The van der Waals surface area contributed by atoms with E-state index >= 15 is 0 Å². The lowest BCUT2D eigenvalue weighted by molar-refractivity contribution is -0.136. The number of nitrogens with one attached hydrogen (secondary N) is 1. The Morgan fingerprint density at radius 3 is 2.73 bits per heavy atom. The van der Waals surface area contributed by atoms with Crippen LogP contribution in [0.4, 0.5) is 0 Å². The summed E-state index contributed by atoms with van der Waals surface area (Å²) in [5.41, 5.74) is 0. The third-order valence-electron chi connectivity index (χ3n) is 3.13. The smallest absolute Gasteiger partial charge is 0.225 e. The number of carbonyl (C=O) groups is 1. The van der Waals surface area contributed by atoms with Crippen molar-refractivity contribution in [3.05, 3.63) is 0 Å².